The van der Waals surface area contributed by atoms with E-state index in [0.717, 1.165) is 17.3 Å². The van der Waals surface area contributed by atoms with Crippen LogP contribution in [0.1, 0.15) is 27.8 Å². The van der Waals surface area contributed by atoms with Crippen molar-refractivity contribution < 1.29 is 23.8 Å². The van der Waals surface area contributed by atoms with Crippen molar-refractivity contribution in [3.05, 3.63) is 87.3 Å². The summed E-state index contributed by atoms with van der Waals surface area (Å²) < 4.78 is 17.2. The van der Waals surface area contributed by atoms with Crippen LogP contribution in [0.2, 0.25) is 0 Å². The van der Waals surface area contributed by atoms with Crippen LogP contribution < -0.4 is 9.47 Å². The average molecular weight is 476 g/mol. The first kappa shape index (κ1) is 23.4. The van der Waals surface area contributed by atoms with Crippen LogP contribution in [0.25, 0.3) is 17.2 Å². The lowest BCUT2D eigenvalue weighted by atomic mass is 10.0. The maximum absolute atomic E-state index is 11.9. The smallest absolute Gasteiger partial charge is 0.342 e. The van der Waals surface area contributed by atoms with Gasteiger partial charge in [-0.15, -0.1) is 0 Å². The normalized spacial score (nSPS) is 11.6. The Labute approximate surface area is 202 Å². The molecule has 3 aromatic carbocycles. The molecule has 0 radical (unpaired) electrons. The summed E-state index contributed by atoms with van der Waals surface area (Å²) >= 11 is 0.959. The average Bonchev–Trinajstić information content (AvgIpc) is 3.21. The van der Waals surface area contributed by atoms with Gasteiger partial charge < -0.3 is 19.0 Å². The number of aromatic nitrogens is 1. The van der Waals surface area contributed by atoms with Gasteiger partial charge in [0.15, 0.2) is 17.1 Å². The molecule has 1 aromatic heterocycles. The van der Waals surface area contributed by atoms with Gasteiger partial charge in [0.25, 0.3) is 5.22 Å². The Morgan fingerprint density at radius 1 is 1.06 bits per heavy atom. The molecule has 0 fully saturated rings. The second kappa shape index (κ2) is 10.1. The van der Waals surface area contributed by atoms with Crippen molar-refractivity contribution in [2.24, 2.45) is 0 Å². The molecule has 34 heavy (non-hydrogen) atoms. The standard InChI is InChI=1S/C27H25NO5S/c1-16-11-17(2)20(18(3)12-16)15-32-23-10-9-19(13-24(23)31-4)14-25(26(29)30)34-27-28-21-7-5-6-8-22(21)33-27/h5-14H,15H2,1-4H3,(H,29,30)/b25-14-. The molecule has 0 saturated heterocycles. The molecule has 0 atom stereocenters. The van der Waals surface area contributed by atoms with Gasteiger partial charge in [-0.2, -0.15) is 0 Å². The van der Waals surface area contributed by atoms with E-state index in [-0.39, 0.29) is 10.1 Å². The third-order valence-electron chi connectivity index (χ3n) is 5.38. The number of rotatable bonds is 8. The zero-order chi connectivity index (χ0) is 24.2. The Hall–Kier alpha value is -3.71. The van der Waals surface area contributed by atoms with Crippen LogP contribution in [0, 0.1) is 20.8 Å². The zero-order valence-corrected chi connectivity index (χ0v) is 20.2. The van der Waals surface area contributed by atoms with E-state index >= 15 is 0 Å². The highest BCUT2D eigenvalue weighted by molar-refractivity contribution is 8.03. The second-order valence-electron chi connectivity index (χ2n) is 7.94. The molecule has 0 bridgehead atoms. The Balaban J connectivity index is 1.56. The largest absolute Gasteiger partial charge is 0.493 e. The summed E-state index contributed by atoms with van der Waals surface area (Å²) in [6.45, 7) is 6.64. The summed E-state index contributed by atoms with van der Waals surface area (Å²) in [6, 6.07) is 16.9. The van der Waals surface area contributed by atoms with Gasteiger partial charge in [-0.05, 0) is 85.1 Å². The SMILES string of the molecule is COc1cc(/C=C(\Sc2nc3ccccc3o2)C(=O)O)ccc1OCc1c(C)cc(C)cc1C. The first-order valence-electron chi connectivity index (χ1n) is 10.7. The Morgan fingerprint density at radius 2 is 1.79 bits per heavy atom. The number of benzene rings is 3. The molecule has 0 unspecified atom stereocenters. The van der Waals surface area contributed by atoms with Gasteiger partial charge in [0, 0.05) is 0 Å². The fourth-order valence-electron chi connectivity index (χ4n) is 3.76. The van der Waals surface area contributed by atoms with Crippen LogP contribution in [0.3, 0.4) is 0 Å². The van der Waals surface area contributed by atoms with E-state index in [2.05, 4.69) is 37.9 Å². The molecule has 4 aromatic rings. The highest BCUT2D eigenvalue weighted by Crippen LogP contribution is 2.34. The summed E-state index contributed by atoms with van der Waals surface area (Å²) in [7, 11) is 1.56. The van der Waals surface area contributed by atoms with Crippen LogP contribution in [0.4, 0.5) is 0 Å². The van der Waals surface area contributed by atoms with Crippen molar-refractivity contribution in [2.45, 2.75) is 32.6 Å². The number of thioether (sulfide) groups is 1. The number of hydrogen-bond acceptors (Lipinski definition) is 6. The summed E-state index contributed by atoms with van der Waals surface area (Å²) in [5, 5.41) is 9.99. The van der Waals surface area contributed by atoms with Crippen LogP contribution in [-0.4, -0.2) is 23.2 Å². The number of carbonyl (C=O) groups is 1. The van der Waals surface area contributed by atoms with Crippen molar-refractivity contribution >= 4 is 34.9 Å². The van der Waals surface area contributed by atoms with Crippen molar-refractivity contribution in [3.8, 4) is 11.5 Å². The van der Waals surface area contributed by atoms with Gasteiger partial charge in [0.2, 0.25) is 0 Å². The molecule has 174 valence electrons. The molecule has 4 rings (SSSR count). The van der Waals surface area contributed by atoms with Gasteiger partial charge >= 0.3 is 5.97 Å². The number of aliphatic carboxylic acids is 1. The van der Waals surface area contributed by atoms with E-state index in [1.165, 1.54) is 16.7 Å². The minimum absolute atomic E-state index is 0.0770. The monoisotopic (exact) mass is 475 g/mol. The second-order valence-corrected chi connectivity index (χ2v) is 8.93. The fraction of sp³-hybridized carbons (Fsp3) is 0.185. The maximum atomic E-state index is 11.9. The number of oxazole rings is 1. The highest BCUT2D eigenvalue weighted by atomic mass is 32.2. The molecular weight excluding hydrogens is 450 g/mol. The van der Waals surface area contributed by atoms with Gasteiger partial charge in [-0.3, -0.25) is 0 Å². The first-order valence-corrected chi connectivity index (χ1v) is 11.5. The van der Waals surface area contributed by atoms with E-state index in [1.54, 1.807) is 37.5 Å². The molecule has 1 heterocycles. The minimum atomic E-state index is -1.07. The molecule has 0 saturated carbocycles. The minimum Gasteiger partial charge on any atom is -0.493 e. The van der Waals surface area contributed by atoms with Gasteiger partial charge in [-0.25, -0.2) is 9.78 Å². The summed E-state index contributed by atoms with van der Waals surface area (Å²) in [4.78, 5) is 16.3. The number of aryl methyl sites for hydroxylation is 3. The van der Waals surface area contributed by atoms with Crippen LogP contribution in [0.5, 0.6) is 11.5 Å². The molecule has 0 amide bonds. The Kier molecular flexibility index (Phi) is 6.93. The number of para-hydroxylation sites is 2. The number of nitrogens with zero attached hydrogens (tertiary/aromatic N) is 1. The van der Waals surface area contributed by atoms with Crippen molar-refractivity contribution in [2.75, 3.05) is 7.11 Å². The van der Waals surface area contributed by atoms with Crippen molar-refractivity contribution in [1.82, 2.24) is 4.98 Å². The molecular formula is C27H25NO5S. The number of fused-ring (bicyclic) bond motifs is 1. The summed E-state index contributed by atoms with van der Waals surface area (Å²) in [5.74, 6) is 0.0344. The third kappa shape index (κ3) is 5.26. The number of ether oxygens (including phenoxy) is 2. The van der Waals surface area contributed by atoms with Crippen LogP contribution in [-0.2, 0) is 11.4 Å². The van der Waals surface area contributed by atoms with Gasteiger partial charge in [0.1, 0.15) is 17.0 Å². The predicted molar refractivity (Wildman–Crippen MR) is 133 cm³/mol. The third-order valence-corrected chi connectivity index (χ3v) is 6.24. The molecule has 1 N–H and O–H groups in total. The van der Waals surface area contributed by atoms with E-state index in [0.29, 0.717) is 34.8 Å². The summed E-state index contributed by atoms with van der Waals surface area (Å²) in [5.41, 5.74) is 6.66. The van der Waals surface area contributed by atoms with E-state index in [4.69, 9.17) is 13.9 Å². The number of carboxylic acid groups (broad SMARTS) is 1. The molecule has 0 aliphatic rings. The zero-order valence-electron chi connectivity index (χ0n) is 19.4. The highest BCUT2D eigenvalue weighted by Gasteiger charge is 2.16. The maximum Gasteiger partial charge on any atom is 0.342 e. The van der Waals surface area contributed by atoms with Gasteiger partial charge in [-0.1, -0.05) is 35.9 Å². The molecule has 0 aliphatic carbocycles. The first-order chi connectivity index (χ1) is 16.3. The van der Waals surface area contributed by atoms with Gasteiger partial charge in [0.05, 0.1) is 7.11 Å². The van der Waals surface area contributed by atoms with E-state index in [1.807, 2.05) is 18.2 Å². The Morgan fingerprint density at radius 3 is 2.47 bits per heavy atom. The Bertz CT molecular complexity index is 1330. The molecule has 7 heteroatoms. The number of carboxylic acids is 1. The molecule has 6 nitrogen and oxygen atoms in total. The summed E-state index contributed by atoms with van der Waals surface area (Å²) in [6.07, 6.45) is 1.56. The topological polar surface area (TPSA) is 81.8 Å². The lowest BCUT2D eigenvalue weighted by molar-refractivity contribution is -0.131. The fourth-order valence-corrected chi connectivity index (χ4v) is 4.50. The van der Waals surface area contributed by atoms with Crippen molar-refractivity contribution in [3.63, 3.8) is 0 Å². The lowest BCUT2D eigenvalue weighted by Gasteiger charge is -2.15. The molecule has 0 aliphatic heterocycles. The van der Waals surface area contributed by atoms with Crippen LogP contribution in [0.15, 0.2) is 69.1 Å². The molecule has 0 spiro atoms. The number of methoxy groups -OCH3 is 1. The predicted octanol–water partition coefficient (Wildman–Crippen LogP) is 6.56. The van der Waals surface area contributed by atoms with E-state index in [9.17, 15) is 9.90 Å². The van der Waals surface area contributed by atoms with E-state index < -0.39 is 5.97 Å². The van der Waals surface area contributed by atoms with Crippen LogP contribution >= 0.6 is 11.8 Å². The lowest BCUT2D eigenvalue weighted by Crippen LogP contribution is -2.03. The number of hydrogen-bond donors (Lipinski definition) is 1. The quantitative estimate of drug-likeness (QED) is 0.228. The van der Waals surface area contributed by atoms with Crippen molar-refractivity contribution in [1.29, 1.82) is 0 Å².